The summed E-state index contributed by atoms with van der Waals surface area (Å²) in [7, 11) is 0. The summed E-state index contributed by atoms with van der Waals surface area (Å²) in [5, 5.41) is 0. The molecule has 0 spiro atoms. The molecule has 0 N–H and O–H groups in total. The van der Waals surface area contributed by atoms with Gasteiger partial charge in [-0.2, -0.15) is 0 Å². The Kier molecular flexibility index (Phi) is 2.94. The topological polar surface area (TPSA) is 22.0 Å². The van der Waals surface area contributed by atoms with Crippen molar-refractivity contribution in [3.8, 4) is 0 Å². The fourth-order valence-corrected chi connectivity index (χ4v) is 2.76. The Morgan fingerprint density at radius 1 is 1.40 bits per heavy atom. The summed E-state index contributed by atoms with van der Waals surface area (Å²) in [5.41, 5.74) is 0.820. The molecule has 1 fully saturated rings. The second-order valence-electron chi connectivity index (χ2n) is 4.79. The SMILES string of the molecule is CC1CCCC(n2cccc2C=O)C1C. The van der Waals surface area contributed by atoms with E-state index in [1.54, 1.807) is 0 Å². The third-order valence-electron chi connectivity index (χ3n) is 3.95. The molecule has 1 aromatic heterocycles. The Bertz CT molecular complexity index is 342. The number of aldehydes is 1. The zero-order valence-electron chi connectivity index (χ0n) is 9.52. The van der Waals surface area contributed by atoms with Gasteiger partial charge in [0.2, 0.25) is 0 Å². The molecule has 2 rings (SSSR count). The molecule has 1 heterocycles. The third kappa shape index (κ3) is 1.85. The molecule has 3 atom stereocenters. The Balaban J connectivity index is 2.25. The predicted octanol–water partition coefficient (Wildman–Crippen LogP) is 3.30. The van der Waals surface area contributed by atoms with E-state index >= 15 is 0 Å². The molecule has 1 aliphatic carbocycles. The summed E-state index contributed by atoms with van der Waals surface area (Å²) < 4.78 is 2.16. The van der Waals surface area contributed by atoms with Crippen molar-refractivity contribution < 1.29 is 4.79 Å². The van der Waals surface area contributed by atoms with Crippen molar-refractivity contribution in [3.05, 3.63) is 24.0 Å². The van der Waals surface area contributed by atoms with Crippen LogP contribution in [0.25, 0.3) is 0 Å². The molecule has 0 bridgehead atoms. The Morgan fingerprint density at radius 2 is 2.20 bits per heavy atom. The summed E-state index contributed by atoms with van der Waals surface area (Å²) in [6, 6.07) is 4.39. The first-order chi connectivity index (χ1) is 7.24. The maximum atomic E-state index is 10.9. The second kappa shape index (κ2) is 4.21. The van der Waals surface area contributed by atoms with Gasteiger partial charge in [0.15, 0.2) is 6.29 Å². The number of carbonyl (C=O) groups excluding carboxylic acids is 1. The van der Waals surface area contributed by atoms with E-state index in [2.05, 4.69) is 18.4 Å². The van der Waals surface area contributed by atoms with Crippen LogP contribution < -0.4 is 0 Å². The fourth-order valence-electron chi connectivity index (χ4n) is 2.76. The van der Waals surface area contributed by atoms with Gasteiger partial charge in [-0.25, -0.2) is 0 Å². The predicted molar refractivity (Wildman–Crippen MR) is 61.0 cm³/mol. The van der Waals surface area contributed by atoms with Crippen molar-refractivity contribution in [2.75, 3.05) is 0 Å². The van der Waals surface area contributed by atoms with Crippen LogP contribution >= 0.6 is 0 Å². The average Bonchev–Trinajstić information content (AvgIpc) is 2.70. The molecule has 82 valence electrons. The van der Waals surface area contributed by atoms with E-state index in [-0.39, 0.29) is 0 Å². The Morgan fingerprint density at radius 3 is 2.93 bits per heavy atom. The minimum Gasteiger partial charge on any atom is -0.342 e. The highest BCUT2D eigenvalue weighted by Crippen LogP contribution is 2.38. The molecule has 0 aliphatic heterocycles. The molecule has 0 radical (unpaired) electrons. The molecule has 3 unspecified atom stereocenters. The number of nitrogens with zero attached hydrogens (tertiary/aromatic N) is 1. The van der Waals surface area contributed by atoms with Crippen LogP contribution in [0.3, 0.4) is 0 Å². The van der Waals surface area contributed by atoms with Crippen molar-refractivity contribution in [1.29, 1.82) is 0 Å². The number of carbonyl (C=O) groups is 1. The zero-order chi connectivity index (χ0) is 10.8. The third-order valence-corrected chi connectivity index (χ3v) is 3.95. The lowest BCUT2D eigenvalue weighted by Crippen LogP contribution is -2.27. The van der Waals surface area contributed by atoms with Gasteiger partial charge < -0.3 is 4.57 Å². The van der Waals surface area contributed by atoms with Gasteiger partial charge in [-0.05, 0) is 30.4 Å². The van der Waals surface area contributed by atoms with Gasteiger partial charge in [-0.3, -0.25) is 4.79 Å². The molecule has 2 nitrogen and oxygen atoms in total. The van der Waals surface area contributed by atoms with Crippen molar-refractivity contribution in [1.82, 2.24) is 4.57 Å². The van der Waals surface area contributed by atoms with Crippen LogP contribution in [0.5, 0.6) is 0 Å². The lowest BCUT2D eigenvalue weighted by atomic mass is 9.78. The molecule has 0 aromatic carbocycles. The van der Waals surface area contributed by atoms with Crippen LogP contribution in [0.1, 0.15) is 49.6 Å². The fraction of sp³-hybridized carbons (Fsp3) is 0.615. The molecule has 1 saturated carbocycles. The summed E-state index contributed by atoms with van der Waals surface area (Å²) in [6.07, 6.45) is 6.83. The van der Waals surface area contributed by atoms with E-state index in [0.717, 1.165) is 17.9 Å². The Labute approximate surface area is 91.3 Å². The molecule has 1 aliphatic rings. The number of rotatable bonds is 2. The van der Waals surface area contributed by atoms with Crippen molar-refractivity contribution in [3.63, 3.8) is 0 Å². The molecule has 0 saturated heterocycles. The number of hydrogen-bond acceptors (Lipinski definition) is 1. The van der Waals surface area contributed by atoms with Crippen LogP contribution in [0.2, 0.25) is 0 Å². The van der Waals surface area contributed by atoms with Crippen LogP contribution in [-0.2, 0) is 0 Å². The largest absolute Gasteiger partial charge is 0.342 e. The summed E-state index contributed by atoms with van der Waals surface area (Å²) in [6.45, 7) is 4.63. The van der Waals surface area contributed by atoms with Gasteiger partial charge in [0.25, 0.3) is 0 Å². The van der Waals surface area contributed by atoms with E-state index in [9.17, 15) is 4.79 Å². The lowest BCUT2D eigenvalue weighted by molar-refractivity contribution is 0.110. The Hall–Kier alpha value is -1.05. The maximum absolute atomic E-state index is 10.9. The zero-order valence-corrected chi connectivity index (χ0v) is 9.52. The highest BCUT2D eigenvalue weighted by Gasteiger charge is 2.28. The van der Waals surface area contributed by atoms with Gasteiger partial charge in [0.05, 0.1) is 5.69 Å². The molecule has 0 amide bonds. The minimum atomic E-state index is 0.518. The van der Waals surface area contributed by atoms with E-state index in [1.807, 2.05) is 18.3 Å². The summed E-state index contributed by atoms with van der Waals surface area (Å²) >= 11 is 0. The normalized spacial score (nSPS) is 31.5. The molecule has 15 heavy (non-hydrogen) atoms. The average molecular weight is 205 g/mol. The van der Waals surface area contributed by atoms with Gasteiger partial charge >= 0.3 is 0 Å². The smallest absolute Gasteiger partial charge is 0.166 e. The molecule has 2 heteroatoms. The summed E-state index contributed by atoms with van der Waals surface area (Å²) in [4.78, 5) is 10.9. The first-order valence-corrected chi connectivity index (χ1v) is 5.86. The number of aromatic nitrogens is 1. The van der Waals surface area contributed by atoms with E-state index in [0.29, 0.717) is 12.0 Å². The van der Waals surface area contributed by atoms with Crippen LogP contribution in [0.4, 0.5) is 0 Å². The quantitative estimate of drug-likeness (QED) is 0.679. The standard InChI is InChI=1S/C13H19NO/c1-10-5-3-7-13(11(10)2)14-8-4-6-12(14)9-15/h4,6,8-11,13H,3,5,7H2,1-2H3. The van der Waals surface area contributed by atoms with Crippen molar-refractivity contribution in [2.45, 2.75) is 39.2 Å². The minimum absolute atomic E-state index is 0.518. The first kappa shape index (κ1) is 10.5. The lowest BCUT2D eigenvalue weighted by Gasteiger charge is -2.35. The van der Waals surface area contributed by atoms with Gasteiger partial charge in [-0.1, -0.05) is 26.7 Å². The monoisotopic (exact) mass is 205 g/mol. The maximum Gasteiger partial charge on any atom is 0.166 e. The van der Waals surface area contributed by atoms with E-state index < -0.39 is 0 Å². The van der Waals surface area contributed by atoms with Crippen LogP contribution in [-0.4, -0.2) is 10.9 Å². The van der Waals surface area contributed by atoms with Crippen molar-refractivity contribution in [2.24, 2.45) is 11.8 Å². The highest BCUT2D eigenvalue weighted by atomic mass is 16.1. The van der Waals surface area contributed by atoms with Crippen molar-refractivity contribution >= 4 is 6.29 Å². The van der Waals surface area contributed by atoms with Gasteiger partial charge in [-0.15, -0.1) is 0 Å². The van der Waals surface area contributed by atoms with Crippen LogP contribution in [0.15, 0.2) is 18.3 Å². The highest BCUT2D eigenvalue weighted by molar-refractivity contribution is 5.72. The molecular weight excluding hydrogens is 186 g/mol. The second-order valence-corrected chi connectivity index (χ2v) is 4.79. The van der Waals surface area contributed by atoms with Gasteiger partial charge in [0, 0.05) is 12.2 Å². The molecular formula is C13H19NO. The first-order valence-electron chi connectivity index (χ1n) is 5.86. The number of hydrogen-bond donors (Lipinski definition) is 0. The van der Waals surface area contributed by atoms with Gasteiger partial charge in [0.1, 0.15) is 0 Å². The van der Waals surface area contributed by atoms with E-state index in [1.165, 1.54) is 19.3 Å². The van der Waals surface area contributed by atoms with Crippen LogP contribution in [0, 0.1) is 11.8 Å². The van der Waals surface area contributed by atoms with E-state index in [4.69, 9.17) is 0 Å². The summed E-state index contributed by atoms with van der Waals surface area (Å²) in [5.74, 6) is 1.44. The molecule has 1 aromatic rings.